The molecule has 2 rings (SSSR count). The highest BCUT2D eigenvalue weighted by Gasteiger charge is 2.08. The van der Waals surface area contributed by atoms with E-state index in [9.17, 15) is 9.18 Å². The van der Waals surface area contributed by atoms with Crippen LogP contribution in [-0.2, 0) is 6.54 Å². The maximum absolute atomic E-state index is 13.4. The Labute approximate surface area is 117 Å². The van der Waals surface area contributed by atoms with Crippen LogP contribution in [0.3, 0.4) is 0 Å². The molecule has 1 amide bonds. The van der Waals surface area contributed by atoms with Gasteiger partial charge in [-0.1, -0.05) is 18.2 Å². The number of halogens is 1. The number of hydrogen-bond acceptors (Lipinski definition) is 2. The minimum absolute atomic E-state index is 0.299. The molecular formula is C16H16FNO2. The van der Waals surface area contributed by atoms with Crippen LogP contribution in [0, 0.1) is 12.7 Å². The molecule has 0 radical (unpaired) electrons. The zero-order chi connectivity index (χ0) is 14.5. The number of carbonyl (C=O) groups excluding carboxylic acids is 1. The number of hydrogen-bond donors (Lipinski definition) is 1. The van der Waals surface area contributed by atoms with Crippen molar-refractivity contribution in [3.63, 3.8) is 0 Å². The molecule has 0 fully saturated rings. The van der Waals surface area contributed by atoms with E-state index < -0.39 is 0 Å². The predicted molar refractivity (Wildman–Crippen MR) is 75.3 cm³/mol. The lowest BCUT2D eigenvalue weighted by atomic mass is 10.1. The van der Waals surface area contributed by atoms with E-state index in [1.807, 2.05) is 24.3 Å². The average molecular weight is 273 g/mol. The third-order valence-corrected chi connectivity index (χ3v) is 3.02. The fraction of sp³-hybridized carbons (Fsp3) is 0.188. The van der Waals surface area contributed by atoms with Crippen LogP contribution >= 0.6 is 0 Å². The largest absolute Gasteiger partial charge is 0.497 e. The maximum Gasteiger partial charge on any atom is 0.251 e. The Hall–Kier alpha value is -2.36. The Morgan fingerprint density at radius 3 is 2.75 bits per heavy atom. The molecule has 0 unspecified atom stereocenters. The SMILES string of the molecule is COc1cccc(CNC(=O)c2ccc(C)c(F)c2)c1. The van der Waals surface area contributed by atoms with E-state index in [0.717, 1.165) is 11.3 Å². The van der Waals surface area contributed by atoms with Crippen LogP contribution in [0.5, 0.6) is 5.75 Å². The van der Waals surface area contributed by atoms with E-state index in [4.69, 9.17) is 4.74 Å². The fourth-order valence-electron chi connectivity index (χ4n) is 1.80. The van der Waals surface area contributed by atoms with E-state index in [-0.39, 0.29) is 11.7 Å². The second-order valence-corrected chi connectivity index (χ2v) is 4.50. The Morgan fingerprint density at radius 1 is 1.25 bits per heavy atom. The van der Waals surface area contributed by atoms with Gasteiger partial charge < -0.3 is 10.1 Å². The lowest BCUT2D eigenvalue weighted by molar-refractivity contribution is 0.0950. The van der Waals surface area contributed by atoms with E-state index in [0.29, 0.717) is 17.7 Å². The van der Waals surface area contributed by atoms with Gasteiger partial charge in [0.05, 0.1) is 7.11 Å². The summed E-state index contributed by atoms with van der Waals surface area (Å²) in [6.45, 7) is 2.03. The van der Waals surface area contributed by atoms with Gasteiger partial charge in [0.2, 0.25) is 0 Å². The zero-order valence-corrected chi connectivity index (χ0v) is 11.4. The lowest BCUT2D eigenvalue weighted by Gasteiger charge is -2.07. The van der Waals surface area contributed by atoms with Crippen molar-refractivity contribution < 1.29 is 13.9 Å². The Bertz CT molecular complexity index is 626. The molecule has 0 atom stereocenters. The number of carbonyl (C=O) groups is 1. The van der Waals surface area contributed by atoms with Gasteiger partial charge in [0.25, 0.3) is 5.91 Å². The summed E-state index contributed by atoms with van der Waals surface area (Å²) in [5.74, 6) is 0.0591. The first-order valence-corrected chi connectivity index (χ1v) is 6.27. The van der Waals surface area contributed by atoms with Gasteiger partial charge in [0.1, 0.15) is 11.6 Å². The molecule has 20 heavy (non-hydrogen) atoms. The molecule has 4 heteroatoms. The molecule has 0 aromatic heterocycles. The number of benzene rings is 2. The standard InChI is InChI=1S/C16H16FNO2/c1-11-6-7-13(9-15(11)17)16(19)18-10-12-4-3-5-14(8-12)20-2/h3-9H,10H2,1-2H3,(H,18,19). The number of ether oxygens (including phenoxy) is 1. The van der Waals surface area contributed by atoms with Gasteiger partial charge in [-0.05, 0) is 42.3 Å². The normalized spacial score (nSPS) is 10.2. The summed E-state index contributed by atoms with van der Waals surface area (Å²) in [4.78, 5) is 11.9. The minimum atomic E-state index is -0.376. The van der Waals surface area contributed by atoms with Gasteiger partial charge in [-0.25, -0.2) is 4.39 Å². The molecule has 2 aromatic carbocycles. The smallest absolute Gasteiger partial charge is 0.251 e. The van der Waals surface area contributed by atoms with Crippen molar-refractivity contribution in [1.82, 2.24) is 5.32 Å². The summed E-state index contributed by atoms with van der Waals surface area (Å²) in [5, 5.41) is 2.75. The van der Waals surface area contributed by atoms with E-state index in [2.05, 4.69) is 5.32 Å². The van der Waals surface area contributed by atoms with E-state index >= 15 is 0 Å². The summed E-state index contributed by atoms with van der Waals surface area (Å²) in [5.41, 5.74) is 1.76. The highest BCUT2D eigenvalue weighted by atomic mass is 19.1. The van der Waals surface area contributed by atoms with Crippen molar-refractivity contribution in [1.29, 1.82) is 0 Å². The first-order chi connectivity index (χ1) is 9.60. The van der Waals surface area contributed by atoms with Crippen molar-refractivity contribution in [2.24, 2.45) is 0 Å². The second kappa shape index (κ2) is 6.19. The van der Waals surface area contributed by atoms with Gasteiger partial charge in [0, 0.05) is 12.1 Å². The first kappa shape index (κ1) is 14.1. The fourth-order valence-corrected chi connectivity index (χ4v) is 1.80. The summed E-state index contributed by atoms with van der Waals surface area (Å²) >= 11 is 0. The van der Waals surface area contributed by atoms with Crippen LogP contribution in [0.4, 0.5) is 4.39 Å². The molecule has 0 heterocycles. The first-order valence-electron chi connectivity index (χ1n) is 6.27. The van der Waals surface area contributed by atoms with Gasteiger partial charge >= 0.3 is 0 Å². The van der Waals surface area contributed by atoms with Crippen LogP contribution in [-0.4, -0.2) is 13.0 Å². The maximum atomic E-state index is 13.4. The van der Waals surface area contributed by atoms with Crippen LogP contribution in [0.2, 0.25) is 0 Å². The molecule has 0 spiro atoms. The van der Waals surface area contributed by atoms with Crippen molar-refractivity contribution in [3.05, 3.63) is 65.0 Å². The predicted octanol–water partition coefficient (Wildman–Crippen LogP) is 3.07. The zero-order valence-electron chi connectivity index (χ0n) is 11.4. The van der Waals surface area contributed by atoms with Crippen LogP contribution in [0.1, 0.15) is 21.5 Å². The Kier molecular flexibility index (Phi) is 4.35. The molecule has 104 valence electrons. The second-order valence-electron chi connectivity index (χ2n) is 4.50. The molecule has 1 N–H and O–H groups in total. The molecule has 0 saturated carbocycles. The van der Waals surface area contributed by atoms with Gasteiger partial charge in [-0.15, -0.1) is 0 Å². The van der Waals surface area contributed by atoms with Gasteiger partial charge in [0.15, 0.2) is 0 Å². The van der Waals surface area contributed by atoms with E-state index in [1.54, 1.807) is 26.2 Å². The lowest BCUT2D eigenvalue weighted by Crippen LogP contribution is -2.22. The summed E-state index contributed by atoms with van der Waals surface area (Å²) in [6.07, 6.45) is 0. The number of methoxy groups -OCH3 is 1. The van der Waals surface area contributed by atoms with Crippen LogP contribution < -0.4 is 10.1 Å². The average Bonchev–Trinajstić information content (AvgIpc) is 2.47. The number of amides is 1. The van der Waals surface area contributed by atoms with Crippen molar-refractivity contribution in [2.45, 2.75) is 13.5 Å². The summed E-state index contributed by atoms with van der Waals surface area (Å²) in [7, 11) is 1.59. The Balaban J connectivity index is 2.02. The molecular weight excluding hydrogens is 257 g/mol. The van der Waals surface area contributed by atoms with Crippen LogP contribution in [0.15, 0.2) is 42.5 Å². The minimum Gasteiger partial charge on any atom is -0.497 e. The quantitative estimate of drug-likeness (QED) is 0.929. The molecule has 0 aliphatic heterocycles. The molecule has 0 aliphatic carbocycles. The molecule has 0 bridgehead atoms. The molecule has 2 aromatic rings. The highest BCUT2D eigenvalue weighted by molar-refractivity contribution is 5.94. The van der Waals surface area contributed by atoms with Crippen molar-refractivity contribution >= 4 is 5.91 Å². The van der Waals surface area contributed by atoms with E-state index in [1.165, 1.54) is 6.07 Å². The molecule has 0 aliphatic rings. The highest BCUT2D eigenvalue weighted by Crippen LogP contribution is 2.13. The Morgan fingerprint density at radius 2 is 2.05 bits per heavy atom. The summed E-state index contributed by atoms with van der Waals surface area (Å²) in [6, 6.07) is 11.9. The van der Waals surface area contributed by atoms with Gasteiger partial charge in [-0.3, -0.25) is 4.79 Å². The van der Waals surface area contributed by atoms with Crippen molar-refractivity contribution in [3.8, 4) is 5.75 Å². The topological polar surface area (TPSA) is 38.3 Å². The van der Waals surface area contributed by atoms with Crippen molar-refractivity contribution in [2.75, 3.05) is 7.11 Å². The molecule has 3 nitrogen and oxygen atoms in total. The van der Waals surface area contributed by atoms with Gasteiger partial charge in [-0.2, -0.15) is 0 Å². The third-order valence-electron chi connectivity index (χ3n) is 3.02. The number of nitrogens with one attached hydrogen (secondary N) is 1. The monoisotopic (exact) mass is 273 g/mol. The number of rotatable bonds is 4. The van der Waals surface area contributed by atoms with Crippen LogP contribution in [0.25, 0.3) is 0 Å². The third kappa shape index (κ3) is 3.35. The summed E-state index contributed by atoms with van der Waals surface area (Å²) < 4.78 is 18.5. The molecule has 0 saturated heterocycles. The number of aryl methyl sites for hydroxylation is 1.